The highest BCUT2D eigenvalue weighted by Gasteiger charge is 2.42. The van der Waals surface area contributed by atoms with Crippen LogP contribution in [0.5, 0.6) is 5.75 Å². The van der Waals surface area contributed by atoms with Gasteiger partial charge < -0.3 is 9.64 Å². The van der Waals surface area contributed by atoms with Crippen molar-refractivity contribution in [2.24, 2.45) is 0 Å². The molecule has 4 rings (SSSR count). The maximum atomic E-state index is 13.2. The lowest BCUT2D eigenvalue weighted by Gasteiger charge is -2.37. The molecule has 136 valence electrons. The Morgan fingerprint density at radius 2 is 1.96 bits per heavy atom. The first-order valence-corrected chi connectivity index (χ1v) is 10.4. The predicted molar refractivity (Wildman–Crippen MR) is 107 cm³/mol. The molecular formula is C21H21BrClNO2. The zero-order valence-corrected chi connectivity index (χ0v) is 16.8. The molecule has 0 aromatic heterocycles. The number of carbonyl (C=O) groups excluding carboxylic acids is 1. The molecule has 0 bridgehead atoms. The van der Waals surface area contributed by atoms with Crippen LogP contribution in [0.2, 0.25) is 0 Å². The number of halogens is 2. The highest BCUT2D eigenvalue weighted by atomic mass is 79.9. The molecule has 0 unspecified atom stereocenters. The van der Waals surface area contributed by atoms with Gasteiger partial charge in [-0.25, -0.2) is 0 Å². The van der Waals surface area contributed by atoms with E-state index in [1.165, 1.54) is 5.56 Å². The monoisotopic (exact) mass is 433 g/mol. The molecule has 0 radical (unpaired) electrons. The lowest BCUT2D eigenvalue weighted by Crippen LogP contribution is -2.40. The molecule has 2 aromatic rings. The molecule has 0 saturated carbocycles. The third-order valence-corrected chi connectivity index (χ3v) is 6.06. The Morgan fingerprint density at radius 1 is 1.15 bits per heavy atom. The van der Waals surface area contributed by atoms with E-state index in [1.54, 1.807) is 0 Å². The van der Waals surface area contributed by atoms with Crippen molar-refractivity contribution < 1.29 is 9.53 Å². The lowest BCUT2D eigenvalue weighted by atomic mass is 9.81. The number of ether oxygens (including phenoxy) is 1. The topological polar surface area (TPSA) is 29.5 Å². The number of hydrogen-bond donors (Lipinski definition) is 0. The van der Waals surface area contributed by atoms with Crippen molar-refractivity contribution in [2.75, 3.05) is 19.0 Å². The number of fused-ring (bicyclic) bond motifs is 3. The van der Waals surface area contributed by atoms with Gasteiger partial charge in [0, 0.05) is 16.9 Å². The van der Waals surface area contributed by atoms with Crippen LogP contribution in [0.4, 0.5) is 0 Å². The Morgan fingerprint density at radius 3 is 2.73 bits per heavy atom. The minimum absolute atomic E-state index is 0.181. The van der Waals surface area contributed by atoms with E-state index in [9.17, 15) is 4.79 Å². The standard InChI is InChI=1S/C21H21BrClNO2/c22-15-6-4-14(5-7-15)20-17-9-8-16(26-12-2-10-23)13-18(17)19-3-1-11-24(19)21(20)25/h4-9,13,19-20H,1-3,10-12H2/t19-,20-/m1/s1. The Hall–Kier alpha value is -1.52. The summed E-state index contributed by atoms with van der Waals surface area (Å²) in [5.74, 6) is 1.45. The highest BCUT2D eigenvalue weighted by Crippen LogP contribution is 2.46. The summed E-state index contributed by atoms with van der Waals surface area (Å²) in [5, 5.41) is 0. The van der Waals surface area contributed by atoms with Crippen molar-refractivity contribution in [2.45, 2.75) is 31.2 Å². The van der Waals surface area contributed by atoms with Gasteiger partial charge in [-0.2, -0.15) is 0 Å². The molecule has 2 aliphatic rings. The minimum atomic E-state index is -0.232. The van der Waals surface area contributed by atoms with Gasteiger partial charge in [-0.05, 0) is 60.2 Å². The molecule has 2 atom stereocenters. The van der Waals surface area contributed by atoms with E-state index in [2.05, 4.69) is 33.0 Å². The van der Waals surface area contributed by atoms with Crippen LogP contribution in [-0.4, -0.2) is 29.8 Å². The second-order valence-corrected chi connectivity index (χ2v) is 8.15. The summed E-state index contributed by atoms with van der Waals surface area (Å²) in [7, 11) is 0. The summed E-state index contributed by atoms with van der Waals surface area (Å²) in [6.07, 6.45) is 2.91. The molecule has 5 heteroatoms. The SMILES string of the molecule is O=C1[C@H](c2ccc(Br)cc2)c2ccc(OCCCCl)cc2[C@H]2CCCN12. The van der Waals surface area contributed by atoms with Crippen molar-refractivity contribution in [1.29, 1.82) is 0 Å². The van der Waals surface area contributed by atoms with Crippen LogP contribution in [0.25, 0.3) is 0 Å². The molecule has 2 aliphatic heterocycles. The van der Waals surface area contributed by atoms with Gasteiger partial charge in [-0.15, -0.1) is 11.6 Å². The normalized spacial score (nSPS) is 21.5. The number of alkyl halides is 1. The summed E-state index contributed by atoms with van der Waals surface area (Å²) >= 11 is 9.22. The molecule has 1 amide bonds. The van der Waals surface area contributed by atoms with E-state index in [0.717, 1.165) is 47.2 Å². The van der Waals surface area contributed by atoms with Crippen molar-refractivity contribution in [3.63, 3.8) is 0 Å². The van der Waals surface area contributed by atoms with Gasteiger partial charge in [0.25, 0.3) is 0 Å². The molecule has 2 heterocycles. The second-order valence-electron chi connectivity index (χ2n) is 6.86. The average Bonchev–Trinajstić information content (AvgIpc) is 3.14. The van der Waals surface area contributed by atoms with Gasteiger partial charge in [0.15, 0.2) is 0 Å². The number of nitrogens with zero attached hydrogens (tertiary/aromatic N) is 1. The summed E-state index contributed by atoms with van der Waals surface area (Å²) in [6.45, 7) is 1.46. The Bertz CT molecular complexity index is 808. The van der Waals surface area contributed by atoms with E-state index in [-0.39, 0.29) is 17.9 Å². The third kappa shape index (κ3) is 3.25. The summed E-state index contributed by atoms with van der Waals surface area (Å²) in [6, 6.07) is 14.5. The number of rotatable bonds is 5. The quantitative estimate of drug-likeness (QED) is 0.474. The number of amides is 1. The van der Waals surface area contributed by atoms with Gasteiger partial charge in [0.1, 0.15) is 5.75 Å². The molecule has 0 spiro atoms. The number of hydrogen-bond acceptors (Lipinski definition) is 2. The first-order valence-electron chi connectivity index (χ1n) is 9.07. The zero-order valence-electron chi connectivity index (χ0n) is 14.5. The third-order valence-electron chi connectivity index (χ3n) is 5.26. The molecule has 2 aromatic carbocycles. The molecule has 3 nitrogen and oxygen atoms in total. The maximum absolute atomic E-state index is 13.2. The lowest BCUT2D eigenvalue weighted by molar-refractivity contribution is -0.133. The van der Waals surface area contributed by atoms with Crippen LogP contribution < -0.4 is 4.74 Å². The molecule has 1 saturated heterocycles. The summed E-state index contributed by atoms with van der Waals surface area (Å²) in [4.78, 5) is 15.3. The largest absolute Gasteiger partial charge is 0.494 e. The Balaban J connectivity index is 1.74. The van der Waals surface area contributed by atoms with Gasteiger partial charge >= 0.3 is 0 Å². The van der Waals surface area contributed by atoms with Crippen molar-refractivity contribution >= 4 is 33.4 Å². The predicted octanol–water partition coefficient (Wildman–Crippen LogP) is 5.27. The number of benzene rings is 2. The van der Waals surface area contributed by atoms with Crippen LogP contribution in [0.3, 0.4) is 0 Å². The Kier molecular flexibility index (Phi) is 5.23. The van der Waals surface area contributed by atoms with E-state index >= 15 is 0 Å². The number of carbonyl (C=O) groups is 1. The van der Waals surface area contributed by atoms with Gasteiger partial charge in [-0.1, -0.05) is 34.1 Å². The van der Waals surface area contributed by atoms with Crippen LogP contribution >= 0.6 is 27.5 Å². The molecule has 0 aliphatic carbocycles. The first kappa shape index (κ1) is 17.9. The minimum Gasteiger partial charge on any atom is -0.494 e. The highest BCUT2D eigenvalue weighted by molar-refractivity contribution is 9.10. The van der Waals surface area contributed by atoms with E-state index in [1.807, 2.05) is 30.3 Å². The van der Waals surface area contributed by atoms with E-state index in [0.29, 0.717) is 12.5 Å². The van der Waals surface area contributed by atoms with E-state index < -0.39 is 0 Å². The first-order chi connectivity index (χ1) is 12.7. The fourth-order valence-electron chi connectivity index (χ4n) is 4.07. The van der Waals surface area contributed by atoms with Crippen LogP contribution in [0, 0.1) is 0 Å². The Labute approximate surface area is 167 Å². The van der Waals surface area contributed by atoms with Crippen molar-refractivity contribution in [3.8, 4) is 5.75 Å². The molecular weight excluding hydrogens is 414 g/mol. The fraction of sp³-hybridized carbons (Fsp3) is 0.381. The molecule has 1 fully saturated rings. The van der Waals surface area contributed by atoms with Crippen molar-refractivity contribution in [3.05, 3.63) is 63.6 Å². The summed E-state index contributed by atoms with van der Waals surface area (Å²) in [5.41, 5.74) is 3.39. The maximum Gasteiger partial charge on any atom is 0.235 e. The molecule has 26 heavy (non-hydrogen) atoms. The summed E-state index contributed by atoms with van der Waals surface area (Å²) < 4.78 is 6.87. The fourth-order valence-corrected chi connectivity index (χ4v) is 4.44. The van der Waals surface area contributed by atoms with Gasteiger partial charge in [-0.3, -0.25) is 4.79 Å². The molecule has 0 N–H and O–H groups in total. The smallest absolute Gasteiger partial charge is 0.235 e. The van der Waals surface area contributed by atoms with Crippen molar-refractivity contribution in [1.82, 2.24) is 4.90 Å². The van der Waals surface area contributed by atoms with Gasteiger partial charge in [0.2, 0.25) is 5.91 Å². The van der Waals surface area contributed by atoms with E-state index in [4.69, 9.17) is 16.3 Å². The van der Waals surface area contributed by atoms with Crippen LogP contribution in [0.1, 0.15) is 47.9 Å². The van der Waals surface area contributed by atoms with Crippen LogP contribution in [-0.2, 0) is 4.79 Å². The average molecular weight is 435 g/mol. The second kappa shape index (κ2) is 7.61. The zero-order chi connectivity index (χ0) is 18.1. The van der Waals surface area contributed by atoms with Gasteiger partial charge in [0.05, 0.1) is 18.6 Å². The van der Waals surface area contributed by atoms with Crippen LogP contribution in [0.15, 0.2) is 46.9 Å².